The average Bonchev–Trinajstić information content (AvgIpc) is 2.49. The molecule has 0 fully saturated rings. The Kier molecular flexibility index (Phi) is 1.97. The quantitative estimate of drug-likeness (QED) is 0.592. The molecule has 0 aromatic carbocycles. The lowest BCUT2D eigenvalue weighted by Crippen LogP contribution is -2.38. The highest BCUT2D eigenvalue weighted by Gasteiger charge is 2.28. The van der Waals surface area contributed by atoms with Gasteiger partial charge in [0.15, 0.2) is 0 Å². The number of rotatable bonds is 1. The van der Waals surface area contributed by atoms with Gasteiger partial charge in [0.2, 0.25) is 0 Å². The number of carbonyl (C=O) groups is 1. The third kappa shape index (κ3) is 1.25. The summed E-state index contributed by atoms with van der Waals surface area (Å²) in [5.74, 6) is -0.303. The molecule has 0 bridgehead atoms. The molecule has 3 N–H and O–H groups in total. The zero-order valence-electron chi connectivity index (χ0n) is 7.56. The Morgan fingerprint density at radius 2 is 2.36 bits per heavy atom. The maximum Gasteiger partial charge on any atom is 0.263 e. The van der Waals surface area contributed by atoms with E-state index in [0.717, 1.165) is 5.69 Å². The van der Waals surface area contributed by atoms with Gasteiger partial charge in [-0.15, -0.1) is 0 Å². The van der Waals surface area contributed by atoms with Crippen molar-refractivity contribution >= 4 is 11.6 Å². The van der Waals surface area contributed by atoms with Crippen LogP contribution in [0.2, 0.25) is 0 Å². The molecule has 0 radical (unpaired) electrons. The van der Waals surface area contributed by atoms with Crippen LogP contribution < -0.4 is 11.2 Å². The summed E-state index contributed by atoms with van der Waals surface area (Å²) in [5, 5.41) is 3.84. The van der Waals surface area contributed by atoms with Crippen molar-refractivity contribution < 1.29 is 4.79 Å². The Labute approximate surface area is 80.2 Å². The van der Waals surface area contributed by atoms with Crippen molar-refractivity contribution in [3.8, 4) is 0 Å². The number of aromatic nitrogens is 2. The minimum Gasteiger partial charge on any atom is -0.315 e. The van der Waals surface area contributed by atoms with E-state index in [0.29, 0.717) is 11.3 Å². The molecular weight excluding hydrogens is 182 g/mol. The largest absolute Gasteiger partial charge is 0.315 e. The van der Waals surface area contributed by atoms with E-state index in [1.165, 1.54) is 6.33 Å². The molecule has 1 aromatic rings. The first-order chi connectivity index (χ1) is 6.70. The van der Waals surface area contributed by atoms with E-state index in [2.05, 4.69) is 20.5 Å². The Hall–Kier alpha value is -1.82. The Balaban J connectivity index is 2.42. The first-order valence-corrected chi connectivity index (χ1v) is 4.10. The van der Waals surface area contributed by atoms with E-state index in [-0.39, 0.29) is 5.91 Å². The molecule has 1 aliphatic rings. The molecule has 0 aliphatic carbocycles. The SMILES string of the molecule is Cc1ncncc1C1=NNC(=O)C1N. The second kappa shape index (κ2) is 3.15. The van der Waals surface area contributed by atoms with Gasteiger partial charge in [0, 0.05) is 17.5 Å². The summed E-state index contributed by atoms with van der Waals surface area (Å²) >= 11 is 0. The van der Waals surface area contributed by atoms with Crippen LogP contribution in [0.1, 0.15) is 11.3 Å². The summed E-state index contributed by atoms with van der Waals surface area (Å²) in [5.41, 5.74) is 9.89. The highest BCUT2D eigenvalue weighted by Crippen LogP contribution is 2.09. The van der Waals surface area contributed by atoms with Crippen LogP contribution in [-0.4, -0.2) is 27.6 Å². The number of nitrogens with one attached hydrogen (secondary N) is 1. The lowest BCUT2D eigenvalue weighted by atomic mass is 10.1. The Bertz CT molecular complexity index is 414. The lowest BCUT2D eigenvalue weighted by molar-refractivity contribution is -0.120. The molecule has 6 heteroatoms. The first kappa shape index (κ1) is 8.76. The summed E-state index contributed by atoms with van der Waals surface area (Å²) in [6.45, 7) is 1.81. The molecule has 1 aromatic heterocycles. The second-order valence-electron chi connectivity index (χ2n) is 2.97. The third-order valence-corrected chi connectivity index (χ3v) is 2.05. The molecule has 1 aliphatic heterocycles. The topological polar surface area (TPSA) is 93.3 Å². The summed E-state index contributed by atoms with van der Waals surface area (Å²) in [6, 6.07) is -0.723. The number of nitrogens with zero attached hydrogens (tertiary/aromatic N) is 3. The summed E-state index contributed by atoms with van der Waals surface area (Å²) in [4.78, 5) is 18.9. The van der Waals surface area contributed by atoms with E-state index < -0.39 is 6.04 Å². The second-order valence-corrected chi connectivity index (χ2v) is 2.97. The average molecular weight is 191 g/mol. The minimum absolute atomic E-state index is 0.303. The van der Waals surface area contributed by atoms with E-state index in [9.17, 15) is 4.79 Å². The first-order valence-electron chi connectivity index (χ1n) is 4.10. The fraction of sp³-hybridized carbons (Fsp3) is 0.250. The lowest BCUT2D eigenvalue weighted by Gasteiger charge is -2.05. The summed E-state index contributed by atoms with van der Waals surface area (Å²) < 4.78 is 0. The van der Waals surface area contributed by atoms with Gasteiger partial charge in [-0.25, -0.2) is 15.4 Å². The molecule has 1 atom stereocenters. The predicted octanol–water partition coefficient (Wildman–Crippen LogP) is -1.05. The van der Waals surface area contributed by atoms with E-state index in [4.69, 9.17) is 5.73 Å². The van der Waals surface area contributed by atoms with Crippen molar-refractivity contribution in [3.63, 3.8) is 0 Å². The van der Waals surface area contributed by atoms with E-state index in [1.807, 2.05) is 6.92 Å². The Morgan fingerprint density at radius 3 is 2.93 bits per heavy atom. The number of carbonyl (C=O) groups excluding carboxylic acids is 1. The van der Waals surface area contributed by atoms with Crippen molar-refractivity contribution in [2.24, 2.45) is 10.8 Å². The molecule has 1 unspecified atom stereocenters. The molecule has 1 amide bonds. The van der Waals surface area contributed by atoms with Gasteiger partial charge >= 0.3 is 0 Å². The minimum atomic E-state index is -0.723. The van der Waals surface area contributed by atoms with Crippen LogP contribution in [0.4, 0.5) is 0 Å². The number of amides is 1. The number of aryl methyl sites for hydroxylation is 1. The maximum absolute atomic E-state index is 11.1. The number of hydrazone groups is 1. The van der Waals surface area contributed by atoms with Gasteiger partial charge in [-0.05, 0) is 6.92 Å². The number of hydrogen-bond acceptors (Lipinski definition) is 5. The fourth-order valence-corrected chi connectivity index (χ4v) is 1.25. The van der Waals surface area contributed by atoms with Gasteiger partial charge in [-0.1, -0.05) is 0 Å². The van der Waals surface area contributed by atoms with E-state index in [1.54, 1.807) is 6.20 Å². The molecule has 2 rings (SSSR count). The van der Waals surface area contributed by atoms with Gasteiger partial charge in [0.05, 0.1) is 5.71 Å². The van der Waals surface area contributed by atoms with Gasteiger partial charge < -0.3 is 5.73 Å². The summed E-state index contributed by atoms with van der Waals surface area (Å²) in [6.07, 6.45) is 3.04. The monoisotopic (exact) mass is 191 g/mol. The molecule has 0 saturated heterocycles. The third-order valence-electron chi connectivity index (χ3n) is 2.05. The smallest absolute Gasteiger partial charge is 0.263 e. The van der Waals surface area contributed by atoms with Crippen molar-refractivity contribution in [2.75, 3.05) is 0 Å². The van der Waals surface area contributed by atoms with Gasteiger partial charge in [-0.2, -0.15) is 5.10 Å². The number of hydrogen-bond donors (Lipinski definition) is 2. The van der Waals surface area contributed by atoms with Gasteiger partial charge in [-0.3, -0.25) is 4.79 Å². The molecule has 6 nitrogen and oxygen atoms in total. The zero-order valence-corrected chi connectivity index (χ0v) is 7.56. The van der Waals surface area contributed by atoms with Crippen LogP contribution in [0.5, 0.6) is 0 Å². The molecular formula is C8H9N5O. The van der Waals surface area contributed by atoms with Crippen LogP contribution in [0.25, 0.3) is 0 Å². The van der Waals surface area contributed by atoms with Crippen molar-refractivity contribution in [1.82, 2.24) is 15.4 Å². The number of nitrogens with two attached hydrogens (primary N) is 1. The molecule has 0 spiro atoms. The maximum atomic E-state index is 11.1. The van der Waals surface area contributed by atoms with Crippen molar-refractivity contribution in [1.29, 1.82) is 0 Å². The van der Waals surface area contributed by atoms with Crippen LogP contribution in [0, 0.1) is 6.92 Å². The van der Waals surface area contributed by atoms with E-state index >= 15 is 0 Å². The highest BCUT2D eigenvalue weighted by molar-refractivity contribution is 6.19. The zero-order chi connectivity index (χ0) is 10.1. The van der Waals surface area contributed by atoms with Crippen LogP contribution >= 0.6 is 0 Å². The molecule has 72 valence electrons. The molecule has 14 heavy (non-hydrogen) atoms. The fourth-order valence-electron chi connectivity index (χ4n) is 1.25. The highest BCUT2D eigenvalue weighted by atomic mass is 16.2. The standard InChI is InChI=1S/C8H9N5O/c1-4-5(2-10-3-11-4)7-6(9)8(14)13-12-7/h2-3,6H,9H2,1H3,(H,13,14). The Morgan fingerprint density at radius 1 is 1.57 bits per heavy atom. The predicted molar refractivity (Wildman–Crippen MR) is 49.4 cm³/mol. The molecule has 0 saturated carbocycles. The molecule has 2 heterocycles. The van der Waals surface area contributed by atoms with Crippen LogP contribution in [0.15, 0.2) is 17.6 Å². The van der Waals surface area contributed by atoms with Crippen molar-refractivity contribution in [3.05, 3.63) is 23.8 Å². The summed E-state index contributed by atoms with van der Waals surface area (Å²) in [7, 11) is 0. The van der Waals surface area contributed by atoms with Crippen LogP contribution in [-0.2, 0) is 4.79 Å². The van der Waals surface area contributed by atoms with Crippen molar-refractivity contribution in [2.45, 2.75) is 13.0 Å². The van der Waals surface area contributed by atoms with Gasteiger partial charge in [0.25, 0.3) is 5.91 Å². The van der Waals surface area contributed by atoms with Gasteiger partial charge in [0.1, 0.15) is 12.4 Å². The normalized spacial score (nSPS) is 20.6. The van der Waals surface area contributed by atoms with Crippen LogP contribution in [0.3, 0.4) is 0 Å².